The third-order valence-corrected chi connectivity index (χ3v) is 9.21. The Morgan fingerprint density at radius 2 is 1.85 bits per heavy atom. The minimum absolute atomic E-state index is 0.172. The Hall–Kier alpha value is -2.95. The Morgan fingerprint density at radius 3 is 2.49 bits per heavy atom. The molecule has 0 saturated carbocycles. The minimum Gasteiger partial charge on any atom is -0.494 e. The highest BCUT2D eigenvalue weighted by atomic mass is 79.9. The van der Waals surface area contributed by atoms with Gasteiger partial charge in [0.05, 0.1) is 37.2 Å². The third-order valence-electron chi connectivity index (χ3n) is 8.37. The summed E-state index contributed by atoms with van der Waals surface area (Å²) in [5, 5.41) is 16.4. The van der Waals surface area contributed by atoms with Crippen LogP contribution in [0.15, 0.2) is 54.6 Å². The molecule has 41 heavy (non-hydrogen) atoms. The number of hydrogen-bond donors (Lipinski definition) is 3. The third kappa shape index (κ3) is 5.49. The van der Waals surface area contributed by atoms with Crippen LogP contribution in [0.5, 0.6) is 5.75 Å². The Balaban J connectivity index is 1.46. The molecule has 2 aromatic rings. The van der Waals surface area contributed by atoms with E-state index in [4.69, 9.17) is 9.47 Å². The lowest BCUT2D eigenvalue weighted by Gasteiger charge is -2.37. The number of aliphatic hydroxyl groups excluding tert-OH is 1. The van der Waals surface area contributed by atoms with Gasteiger partial charge in [-0.25, -0.2) is 0 Å². The number of alkyl halides is 1. The van der Waals surface area contributed by atoms with E-state index in [0.717, 1.165) is 5.56 Å². The van der Waals surface area contributed by atoms with E-state index >= 15 is 0 Å². The first-order chi connectivity index (χ1) is 19.7. The van der Waals surface area contributed by atoms with Crippen molar-refractivity contribution in [2.75, 3.05) is 18.5 Å². The molecule has 9 nitrogen and oxygen atoms in total. The van der Waals surface area contributed by atoms with Crippen LogP contribution >= 0.6 is 15.9 Å². The van der Waals surface area contributed by atoms with E-state index in [9.17, 15) is 19.5 Å². The number of anilines is 1. The molecule has 3 saturated heterocycles. The highest BCUT2D eigenvalue weighted by molar-refractivity contribution is 9.09. The standard InChI is InChI=1S/C31H38BrN3O6/c1-4-40-22-12-10-20(11-13-22)34-28(37)24-25-30(39)35(21(17-36)14-18(2)3)27(31(25)15-23(32)26(24)41-31)29(38)33-16-19-8-6-5-7-9-19/h5-13,18,21,23-27,36H,4,14-17H2,1-3H3,(H,33,38)(H,34,37)/t21-,23?,24-,25+,26-,27?,31?/m1/s1. The van der Waals surface area contributed by atoms with Gasteiger partial charge >= 0.3 is 0 Å². The molecule has 2 aromatic carbocycles. The molecular formula is C31H38BrN3O6. The predicted octanol–water partition coefficient (Wildman–Crippen LogP) is 3.50. The molecule has 0 aromatic heterocycles. The first-order valence-corrected chi connectivity index (χ1v) is 15.2. The average Bonchev–Trinajstić information content (AvgIpc) is 3.55. The molecule has 3 amide bonds. The molecule has 3 unspecified atom stereocenters. The van der Waals surface area contributed by atoms with Crippen molar-refractivity contribution in [2.45, 2.75) is 68.8 Å². The lowest BCUT2D eigenvalue weighted by molar-refractivity contribution is -0.145. The van der Waals surface area contributed by atoms with Gasteiger partial charge in [-0.2, -0.15) is 0 Å². The first kappa shape index (κ1) is 29.5. The van der Waals surface area contributed by atoms with Crippen molar-refractivity contribution in [1.82, 2.24) is 10.2 Å². The van der Waals surface area contributed by atoms with Crippen molar-refractivity contribution < 1.29 is 29.0 Å². The number of rotatable bonds is 11. The summed E-state index contributed by atoms with van der Waals surface area (Å²) in [6.07, 6.45) is 0.342. The zero-order chi connectivity index (χ0) is 29.3. The lowest BCUT2D eigenvalue weighted by Crippen LogP contribution is -2.58. The quantitative estimate of drug-likeness (QED) is 0.328. The monoisotopic (exact) mass is 627 g/mol. The summed E-state index contributed by atoms with van der Waals surface area (Å²) in [5.74, 6) is -1.79. The van der Waals surface area contributed by atoms with Crippen LogP contribution in [0.4, 0.5) is 5.69 Å². The van der Waals surface area contributed by atoms with Crippen molar-refractivity contribution in [3.63, 3.8) is 0 Å². The molecule has 220 valence electrons. The highest BCUT2D eigenvalue weighted by Gasteiger charge is 2.77. The smallest absolute Gasteiger partial charge is 0.246 e. The second kappa shape index (κ2) is 12.1. The van der Waals surface area contributed by atoms with Gasteiger partial charge in [-0.3, -0.25) is 14.4 Å². The summed E-state index contributed by atoms with van der Waals surface area (Å²) in [5.41, 5.74) is 0.310. The molecule has 3 aliphatic rings. The topological polar surface area (TPSA) is 117 Å². The predicted molar refractivity (Wildman–Crippen MR) is 157 cm³/mol. The number of carbonyl (C=O) groups excluding carboxylic acids is 3. The molecule has 1 spiro atoms. The van der Waals surface area contributed by atoms with Crippen molar-refractivity contribution in [2.24, 2.45) is 17.8 Å². The molecule has 3 N–H and O–H groups in total. The number of aliphatic hydroxyl groups is 1. The molecule has 3 aliphatic heterocycles. The van der Waals surface area contributed by atoms with Crippen LogP contribution in [-0.4, -0.2) is 69.6 Å². The number of ether oxygens (including phenoxy) is 2. The fourth-order valence-electron chi connectivity index (χ4n) is 6.79. The molecule has 2 bridgehead atoms. The Labute approximate surface area is 249 Å². The summed E-state index contributed by atoms with van der Waals surface area (Å²) in [4.78, 5) is 43.3. The fourth-order valence-corrected chi connectivity index (χ4v) is 7.73. The van der Waals surface area contributed by atoms with Crippen molar-refractivity contribution in [3.8, 4) is 5.75 Å². The van der Waals surface area contributed by atoms with Crippen LogP contribution in [0.25, 0.3) is 0 Å². The van der Waals surface area contributed by atoms with Crippen LogP contribution in [0.3, 0.4) is 0 Å². The summed E-state index contributed by atoms with van der Waals surface area (Å²) in [6, 6.07) is 15.0. The van der Waals surface area contributed by atoms with Gasteiger partial charge in [-0.1, -0.05) is 60.1 Å². The molecule has 5 rings (SSSR count). The van der Waals surface area contributed by atoms with Crippen LogP contribution < -0.4 is 15.4 Å². The lowest BCUT2D eigenvalue weighted by atomic mass is 9.70. The molecule has 3 fully saturated rings. The number of halogens is 1. The number of benzene rings is 2. The van der Waals surface area contributed by atoms with Crippen molar-refractivity contribution in [1.29, 1.82) is 0 Å². The SMILES string of the molecule is CCOc1ccc(NC(=O)[C@H]2[C@@H]3OC4(CC3Br)C(C(=O)NCc3ccccc3)N([C@@H](CO)CC(C)C)C(=O)[C@H]24)cc1. The molecule has 0 radical (unpaired) electrons. The minimum atomic E-state index is -1.19. The highest BCUT2D eigenvalue weighted by Crippen LogP contribution is 2.60. The largest absolute Gasteiger partial charge is 0.494 e. The fraction of sp³-hybridized carbons (Fsp3) is 0.516. The summed E-state index contributed by atoms with van der Waals surface area (Å²) >= 11 is 3.70. The maximum Gasteiger partial charge on any atom is 0.246 e. The number of carbonyl (C=O) groups is 3. The molecule has 10 heteroatoms. The van der Waals surface area contributed by atoms with E-state index in [1.807, 2.05) is 51.1 Å². The Kier molecular flexibility index (Phi) is 8.73. The van der Waals surface area contributed by atoms with Crippen molar-refractivity contribution >= 4 is 39.3 Å². The zero-order valence-corrected chi connectivity index (χ0v) is 25.2. The number of nitrogens with one attached hydrogen (secondary N) is 2. The van der Waals surface area contributed by atoms with Gasteiger partial charge in [0.15, 0.2) is 0 Å². The maximum absolute atomic E-state index is 14.3. The average molecular weight is 629 g/mol. The number of nitrogens with zero attached hydrogens (tertiary/aromatic N) is 1. The Bertz CT molecular complexity index is 1260. The summed E-state index contributed by atoms with van der Waals surface area (Å²) in [6.45, 7) is 6.45. The molecule has 7 atom stereocenters. The maximum atomic E-state index is 14.3. The number of hydrogen-bond acceptors (Lipinski definition) is 6. The van der Waals surface area contributed by atoms with Crippen LogP contribution in [0.1, 0.15) is 39.2 Å². The van der Waals surface area contributed by atoms with Crippen LogP contribution in [0.2, 0.25) is 0 Å². The van der Waals surface area contributed by atoms with E-state index < -0.39 is 35.6 Å². The van der Waals surface area contributed by atoms with E-state index in [-0.39, 0.29) is 41.6 Å². The van der Waals surface area contributed by atoms with E-state index in [1.165, 1.54) is 4.90 Å². The Morgan fingerprint density at radius 1 is 1.15 bits per heavy atom. The van der Waals surface area contributed by atoms with Gasteiger partial charge in [0, 0.05) is 17.1 Å². The second-order valence-corrected chi connectivity index (χ2v) is 12.7. The van der Waals surface area contributed by atoms with Crippen molar-refractivity contribution in [3.05, 3.63) is 60.2 Å². The first-order valence-electron chi connectivity index (χ1n) is 14.3. The van der Waals surface area contributed by atoms with Gasteiger partial charge in [0.1, 0.15) is 17.4 Å². The zero-order valence-electron chi connectivity index (χ0n) is 23.6. The van der Waals surface area contributed by atoms with Gasteiger partial charge < -0.3 is 30.1 Å². The molecule has 3 heterocycles. The molecular weight excluding hydrogens is 590 g/mol. The van der Waals surface area contributed by atoms with Crippen LogP contribution in [0, 0.1) is 17.8 Å². The number of likely N-dealkylation sites (tertiary alicyclic amines) is 1. The van der Waals surface area contributed by atoms with E-state index in [1.54, 1.807) is 24.3 Å². The summed E-state index contributed by atoms with van der Waals surface area (Å²) in [7, 11) is 0. The number of fused-ring (bicyclic) bond motifs is 1. The molecule has 0 aliphatic carbocycles. The summed E-state index contributed by atoms with van der Waals surface area (Å²) < 4.78 is 12.1. The normalized spacial score (nSPS) is 29.0. The van der Waals surface area contributed by atoms with Crippen LogP contribution in [-0.2, 0) is 25.7 Å². The number of amides is 3. The second-order valence-electron chi connectivity index (χ2n) is 11.5. The van der Waals surface area contributed by atoms with Gasteiger partial charge in [-0.05, 0) is 55.5 Å². The van der Waals surface area contributed by atoms with Gasteiger partial charge in [0.2, 0.25) is 17.7 Å². The van der Waals surface area contributed by atoms with Gasteiger partial charge in [0.25, 0.3) is 0 Å². The van der Waals surface area contributed by atoms with E-state index in [2.05, 4.69) is 26.6 Å². The van der Waals surface area contributed by atoms with E-state index in [0.29, 0.717) is 30.9 Å². The van der Waals surface area contributed by atoms with Gasteiger partial charge in [-0.15, -0.1) is 0 Å².